The van der Waals surface area contributed by atoms with E-state index in [0.29, 0.717) is 5.69 Å². The van der Waals surface area contributed by atoms with Gasteiger partial charge < -0.3 is 11.1 Å². The van der Waals surface area contributed by atoms with Gasteiger partial charge in [0.15, 0.2) is 0 Å². The van der Waals surface area contributed by atoms with E-state index >= 15 is 0 Å². The van der Waals surface area contributed by atoms with Crippen molar-refractivity contribution in [2.75, 3.05) is 5.32 Å². The second-order valence-corrected chi connectivity index (χ2v) is 3.62. The number of nitrogens with zero attached hydrogens (tertiary/aromatic N) is 1. The second kappa shape index (κ2) is 5.09. The molecule has 2 amide bonds. The first-order valence-corrected chi connectivity index (χ1v) is 5.29. The van der Waals surface area contributed by atoms with Gasteiger partial charge in [-0.15, -0.1) is 0 Å². The molecule has 0 atom stereocenters. The smallest absolute Gasteiger partial charge is 0.313 e. The van der Waals surface area contributed by atoms with Crippen molar-refractivity contribution in [3.8, 4) is 11.3 Å². The first-order chi connectivity index (χ1) is 8.66. The van der Waals surface area contributed by atoms with Crippen molar-refractivity contribution in [1.82, 2.24) is 4.98 Å². The predicted molar refractivity (Wildman–Crippen MR) is 67.5 cm³/mol. The van der Waals surface area contributed by atoms with Gasteiger partial charge >= 0.3 is 11.8 Å². The summed E-state index contributed by atoms with van der Waals surface area (Å²) < 4.78 is 0. The minimum Gasteiger partial charge on any atom is -0.361 e. The first kappa shape index (κ1) is 11.8. The number of nitrogens with two attached hydrogens (primary N) is 1. The molecular weight excluding hydrogens is 230 g/mol. The fourth-order valence-corrected chi connectivity index (χ4v) is 1.44. The lowest BCUT2D eigenvalue weighted by Crippen LogP contribution is -2.29. The van der Waals surface area contributed by atoms with Crippen LogP contribution in [0.1, 0.15) is 0 Å². The molecule has 1 heterocycles. The second-order valence-electron chi connectivity index (χ2n) is 3.62. The first-order valence-electron chi connectivity index (χ1n) is 5.29. The zero-order valence-corrected chi connectivity index (χ0v) is 9.46. The van der Waals surface area contributed by atoms with Crippen LogP contribution in [0.15, 0.2) is 48.7 Å². The Balaban J connectivity index is 2.16. The molecule has 90 valence electrons. The normalized spacial score (nSPS) is 9.78. The van der Waals surface area contributed by atoms with E-state index < -0.39 is 11.8 Å². The van der Waals surface area contributed by atoms with Crippen molar-refractivity contribution >= 4 is 17.5 Å². The number of nitrogens with one attached hydrogen (secondary N) is 1. The van der Waals surface area contributed by atoms with E-state index in [4.69, 9.17) is 5.73 Å². The Morgan fingerprint density at radius 2 is 1.78 bits per heavy atom. The lowest BCUT2D eigenvalue weighted by atomic mass is 10.1. The van der Waals surface area contributed by atoms with Crippen LogP contribution in [0.5, 0.6) is 0 Å². The highest BCUT2D eigenvalue weighted by Crippen LogP contribution is 2.17. The molecule has 18 heavy (non-hydrogen) atoms. The van der Waals surface area contributed by atoms with E-state index in [1.54, 1.807) is 12.1 Å². The van der Waals surface area contributed by atoms with E-state index in [1.165, 1.54) is 6.20 Å². The summed E-state index contributed by atoms with van der Waals surface area (Å²) in [7, 11) is 0. The Bertz CT molecular complexity index is 565. The number of carbonyl (C=O) groups excluding carboxylic acids is 2. The predicted octanol–water partition coefficient (Wildman–Crippen LogP) is 1.17. The number of anilines is 1. The molecule has 3 N–H and O–H groups in total. The lowest BCUT2D eigenvalue weighted by Gasteiger charge is -2.04. The average Bonchev–Trinajstić information content (AvgIpc) is 2.40. The molecule has 0 aliphatic carbocycles. The fourth-order valence-electron chi connectivity index (χ4n) is 1.44. The van der Waals surface area contributed by atoms with Crippen LogP contribution in [0.3, 0.4) is 0 Å². The van der Waals surface area contributed by atoms with Gasteiger partial charge in [-0.2, -0.15) is 0 Å². The molecule has 2 aromatic rings. The summed E-state index contributed by atoms with van der Waals surface area (Å²) in [4.78, 5) is 25.8. The number of hydrogen-bond acceptors (Lipinski definition) is 3. The zero-order chi connectivity index (χ0) is 13.0. The third kappa shape index (κ3) is 2.70. The summed E-state index contributed by atoms with van der Waals surface area (Å²) in [5.74, 6) is -1.88. The number of aromatic nitrogens is 1. The highest BCUT2D eigenvalue weighted by molar-refractivity contribution is 6.39. The minimum atomic E-state index is -1.03. The molecule has 0 saturated heterocycles. The fraction of sp³-hybridized carbons (Fsp3) is 0. The van der Waals surface area contributed by atoms with Gasteiger partial charge in [0.1, 0.15) is 0 Å². The third-order valence-corrected chi connectivity index (χ3v) is 2.31. The van der Waals surface area contributed by atoms with Gasteiger partial charge in [0.05, 0.1) is 17.6 Å². The molecule has 2 rings (SSSR count). The summed E-state index contributed by atoms with van der Waals surface area (Å²) in [6.07, 6.45) is 1.48. The number of primary amides is 1. The zero-order valence-electron chi connectivity index (χ0n) is 9.46. The van der Waals surface area contributed by atoms with Gasteiger partial charge in [-0.25, -0.2) is 0 Å². The Morgan fingerprint density at radius 3 is 2.33 bits per heavy atom. The van der Waals surface area contributed by atoms with Crippen LogP contribution in [0, 0.1) is 0 Å². The van der Waals surface area contributed by atoms with Crippen LogP contribution in [0.25, 0.3) is 11.3 Å². The molecule has 5 nitrogen and oxygen atoms in total. The summed E-state index contributed by atoms with van der Waals surface area (Å²) in [5, 5.41) is 2.34. The van der Waals surface area contributed by atoms with Crippen LogP contribution in [-0.4, -0.2) is 16.8 Å². The van der Waals surface area contributed by atoms with Gasteiger partial charge in [-0.1, -0.05) is 30.3 Å². The number of rotatable bonds is 2. The molecule has 0 aliphatic rings. The molecule has 0 radical (unpaired) electrons. The Kier molecular flexibility index (Phi) is 3.33. The number of benzene rings is 1. The summed E-state index contributed by atoms with van der Waals surface area (Å²) >= 11 is 0. The quantitative estimate of drug-likeness (QED) is 0.774. The molecule has 0 aliphatic heterocycles. The molecule has 5 heteroatoms. The monoisotopic (exact) mass is 241 g/mol. The topological polar surface area (TPSA) is 85.1 Å². The minimum absolute atomic E-state index is 0.429. The number of hydrogen-bond donors (Lipinski definition) is 2. The maximum absolute atomic E-state index is 11.1. The van der Waals surface area contributed by atoms with Gasteiger partial charge in [0.2, 0.25) is 0 Å². The van der Waals surface area contributed by atoms with E-state index in [-0.39, 0.29) is 0 Å². The standard InChI is InChI=1S/C13H11N3O2/c14-12(17)13(18)16-10-6-7-11(15-8-10)9-4-2-1-3-5-9/h1-8H,(H2,14,17)(H,16,18). The van der Waals surface area contributed by atoms with Crippen molar-refractivity contribution in [2.24, 2.45) is 5.73 Å². The number of amides is 2. The largest absolute Gasteiger partial charge is 0.361 e. The van der Waals surface area contributed by atoms with Crippen LogP contribution in [0.4, 0.5) is 5.69 Å². The molecule has 0 saturated carbocycles. The average molecular weight is 241 g/mol. The van der Waals surface area contributed by atoms with Crippen molar-refractivity contribution in [2.45, 2.75) is 0 Å². The maximum Gasteiger partial charge on any atom is 0.313 e. The molecule has 1 aromatic heterocycles. The number of carbonyl (C=O) groups is 2. The van der Waals surface area contributed by atoms with Gasteiger partial charge in [0, 0.05) is 5.56 Å². The lowest BCUT2D eigenvalue weighted by molar-refractivity contribution is -0.134. The molecule has 0 fully saturated rings. The van der Waals surface area contributed by atoms with Crippen molar-refractivity contribution in [1.29, 1.82) is 0 Å². The summed E-state index contributed by atoms with van der Waals surface area (Å²) in [5.41, 5.74) is 7.02. The van der Waals surface area contributed by atoms with Crippen LogP contribution < -0.4 is 11.1 Å². The van der Waals surface area contributed by atoms with Crippen LogP contribution in [0.2, 0.25) is 0 Å². The van der Waals surface area contributed by atoms with Gasteiger partial charge in [-0.3, -0.25) is 14.6 Å². The number of pyridine rings is 1. The van der Waals surface area contributed by atoms with Crippen molar-refractivity contribution in [3.05, 3.63) is 48.7 Å². The maximum atomic E-state index is 11.1. The molecule has 0 unspecified atom stereocenters. The highest BCUT2D eigenvalue weighted by Gasteiger charge is 2.08. The Morgan fingerprint density at radius 1 is 1.06 bits per heavy atom. The van der Waals surface area contributed by atoms with Crippen molar-refractivity contribution in [3.63, 3.8) is 0 Å². The van der Waals surface area contributed by atoms with E-state index in [0.717, 1.165) is 11.3 Å². The molecule has 0 spiro atoms. The van der Waals surface area contributed by atoms with Gasteiger partial charge in [-0.05, 0) is 12.1 Å². The molecule has 0 bridgehead atoms. The van der Waals surface area contributed by atoms with Crippen LogP contribution >= 0.6 is 0 Å². The van der Waals surface area contributed by atoms with E-state index in [9.17, 15) is 9.59 Å². The third-order valence-electron chi connectivity index (χ3n) is 2.31. The van der Waals surface area contributed by atoms with Crippen LogP contribution in [-0.2, 0) is 9.59 Å². The SMILES string of the molecule is NC(=O)C(=O)Nc1ccc(-c2ccccc2)nc1. The van der Waals surface area contributed by atoms with Gasteiger partial charge in [0.25, 0.3) is 0 Å². The summed E-state index contributed by atoms with van der Waals surface area (Å²) in [6, 6.07) is 13.0. The summed E-state index contributed by atoms with van der Waals surface area (Å²) in [6.45, 7) is 0. The van der Waals surface area contributed by atoms with E-state index in [2.05, 4.69) is 10.3 Å². The Labute approximate surface area is 104 Å². The highest BCUT2D eigenvalue weighted by atomic mass is 16.2. The molecule has 1 aromatic carbocycles. The van der Waals surface area contributed by atoms with Crippen molar-refractivity contribution < 1.29 is 9.59 Å². The van der Waals surface area contributed by atoms with E-state index in [1.807, 2.05) is 30.3 Å². The molecular formula is C13H11N3O2. The Hall–Kier alpha value is -2.69.